The van der Waals surface area contributed by atoms with Crippen LogP contribution in [0.25, 0.3) is 0 Å². The zero-order valence-corrected chi connectivity index (χ0v) is 10.4. The van der Waals surface area contributed by atoms with Crippen LogP contribution in [0.15, 0.2) is 12.1 Å². The van der Waals surface area contributed by atoms with Crippen LogP contribution in [0, 0.1) is 5.92 Å². The van der Waals surface area contributed by atoms with Gasteiger partial charge in [-0.15, -0.1) is 0 Å². The zero-order chi connectivity index (χ0) is 12.6. The standard InChI is InChI=1S/C12H15ClN2O2/c1-7-2-3-15(6-7)11-9(12(16)17)4-8(14)5-10(11)13/h4-5,7H,2-3,6,14H2,1H3,(H,16,17). The summed E-state index contributed by atoms with van der Waals surface area (Å²) in [6.45, 7) is 3.82. The molecule has 0 bridgehead atoms. The molecule has 5 heteroatoms. The smallest absolute Gasteiger partial charge is 0.337 e. The number of nitrogen functional groups attached to an aromatic ring is 1. The molecule has 1 aromatic rings. The fourth-order valence-electron chi connectivity index (χ4n) is 2.24. The van der Waals surface area contributed by atoms with Gasteiger partial charge in [0.1, 0.15) is 0 Å². The first-order valence-electron chi connectivity index (χ1n) is 5.56. The molecule has 0 saturated carbocycles. The van der Waals surface area contributed by atoms with Crippen molar-refractivity contribution in [3.8, 4) is 0 Å². The second-order valence-corrected chi connectivity index (χ2v) is 4.95. The molecule has 0 amide bonds. The number of hydrogen-bond donors (Lipinski definition) is 2. The number of nitrogens with two attached hydrogens (primary N) is 1. The van der Waals surface area contributed by atoms with Gasteiger partial charge in [0.25, 0.3) is 0 Å². The number of rotatable bonds is 2. The summed E-state index contributed by atoms with van der Waals surface area (Å²) in [6, 6.07) is 3.07. The lowest BCUT2D eigenvalue weighted by Gasteiger charge is -2.22. The van der Waals surface area contributed by atoms with Crippen LogP contribution in [-0.2, 0) is 0 Å². The summed E-state index contributed by atoms with van der Waals surface area (Å²) in [5, 5.41) is 9.61. The predicted molar refractivity (Wildman–Crippen MR) is 68.8 cm³/mol. The van der Waals surface area contributed by atoms with Gasteiger partial charge in [-0.1, -0.05) is 18.5 Å². The van der Waals surface area contributed by atoms with E-state index in [2.05, 4.69) is 6.92 Å². The van der Waals surface area contributed by atoms with Gasteiger partial charge in [0, 0.05) is 18.8 Å². The average Bonchev–Trinajstić information content (AvgIpc) is 2.63. The molecule has 92 valence electrons. The molecule has 1 aliphatic heterocycles. The average molecular weight is 255 g/mol. The van der Waals surface area contributed by atoms with Gasteiger partial charge in [-0.3, -0.25) is 0 Å². The summed E-state index contributed by atoms with van der Waals surface area (Å²) in [5.74, 6) is -0.431. The highest BCUT2D eigenvalue weighted by Crippen LogP contribution is 2.35. The number of nitrogens with zero attached hydrogens (tertiary/aromatic N) is 1. The van der Waals surface area contributed by atoms with E-state index in [1.54, 1.807) is 6.07 Å². The second kappa shape index (κ2) is 4.45. The van der Waals surface area contributed by atoms with Crippen LogP contribution in [0.5, 0.6) is 0 Å². The van der Waals surface area contributed by atoms with Crippen molar-refractivity contribution in [2.45, 2.75) is 13.3 Å². The van der Waals surface area contributed by atoms with Crippen LogP contribution in [0.4, 0.5) is 11.4 Å². The van der Waals surface area contributed by atoms with E-state index in [0.717, 1.165) is 19.5 Å². The zero-order valence-electron chi connectivity index (χ0n) is 9.61. The van der Waals surface area contributed by atoms with Crippen LogP contribution >= 0.6 is 11.6 Å². The monoisotopic (exact) mass is 254 g/mol. The molecule has 1 saturated heterocycles. The maximum absolute atomic E-state index is 11.2. The van der Waals surface area contributed by atoms with E-state index in [4.69, 9.17) is 17.3 Å². The SMILES string of the molecule is CC1CCN(c2c(Cl)cc(N)cc2C(=O)O)C1. The third-order valence-corrected chi connectivity index (χ3v) is 3.34. The molecule has 0 aromatic heterocycles. The van der Waals surface area contributed by atoms with Crippen LogP contribution < -0.4 is 10.6 Å². The lowest BCUT2D eigenvalue weighted by atomic mass is 10.1. The number of carboxylic acids is 1. The predicted octanol–water partition coefficient (Wildman–Crippen LogP) is 2.47. The van der Waals surface area contributed by atoms with E-state index in [1.165, 1.54) is 6.07 Å². The Kier molecular flexibility index (Phi) is 3.15. The van der Waals surface area contributed by atoms with Gasteiger partial charge in [-0.25, -0.2) is 4.79 Å². The Morgan fingerprint density at radius 3 is 2.82 bits per heavy atom. The molecular formula is C12H15ClN2O2. The molecule has 1 heterocycles. The molecule has 1 atom stereocenters. The van der Waals surface area contributed by atoms with Crippen LogP contribution in [0.1, 0.15) is 23.7 Å². The number of aromatic carboxylic acids is 1. The maximum atomic E-state index is 11.2. The second-order valence-electron chi connectivity index (χ2n) is 4.54. The Labute approximate surface area is 105 Å². The summed E-state index contributed by atoms with van der Waals surface area (Å²) < 4.78 is 0. The summed E-state index contributed by atoms with van der Waals surface area (Å²) >= 11 is 6.12. The van der Waals surface area contributed by atoms with Gasteiger partial charge in [0.15, 0.2) is 0 Å². The molecule has 1 aliphatic rings. The largest absolute Gasteiger partial charge is 0.478 e. The van der Waals surface area contributed by atoms with Crippen molar-refractivity contribution in [3.05, 3.63) is 22.7 Å². The third kappa shape index (κ3) is 2.31. The van der Waals surface area contributed by atoms with E-state index in [9.17, 15) is 9.90 Å². The van der Waals surface area contributed by atoms with Crippen molar-refractivity contribution < 1.29 is 9.90 Å². The number of halogens is 1. The van der Waals surface area contributed by atoms with E-state index in [0.29, 0.717) is 22.3 Å². The highest BCUT2D eigenvalue weighted by atomic mass is 35.5. The summed E-state index contributed by atoms with van der Waals surface area (Å²) in [7, 11) is 0. The van der Waals surface area contributed by atoms with E-state index >= 15 is 0 Å². The Morgan fingerprint density at radius 2 is 2.29 bits per heavy atom. The minimum absolute atomic E-state index is 0.184. The first-order chi connectivity index (χ1) is 7.99. The molecular weight excluding hydrogens is 240 g/mol. The van der Waals surface area contributed by atoms with Crippen molar-refractivity contribution in [2.24, 2.45) is 5.92 Å². The molecule has 17 heavy (non-hydrogen) atoms. The number of carboxylic acid groups (broad SMARTS) is 1. The van der Waals surface area contributed by atoms with Gasteiger partial charge >= 0.3 is 5.97 Å². The molecule has 1 aromatic carbocycles. The summed E-state index contributed by atoms with van der Waals surface area (Å²) in [6.07, 6.45) is 1.06. The van der Waals surface area contributed by atoms with Crippen molar-refractivity contribution in [2.75, 3.05) is 23.7 Å². The highest BCUT2D eigenvalue weighted by molar-refractivity contribution is 6.34. The van der Waals surface area contributed by atoms with Gasteiger partial charge < -0.3 is 15.7 Å². The fourth-order valence-corrected chi connectivity index (χ4v) is 2.59. The summed E-state index contributed by atoms with van der Waals surface area (Å²) in [4.78, 5) is 13.2. The fraction of sp³-hybridized carbons (Fsp3) is 0.417. The molecule has 2 rings (SSSR count). The quantitative estimate of drug-likeness (QED) is 0.796. The van der Waals surface area contributed by atoms with Gasteiger partial charge in [-0.05, 0) is 24.5 Å². The van der Waals surface area contributed by atoms with Gasteiger partial charge in [-0.2, -0.15) is 0 Å². The maximum Gasteiger partial charge on any atom is 0.337 e. The molecule has 0 radical (unpaired) electrons. The number of hydrogen-bond acceptors (Lipinski definition) is 3. The van der Waals surface area contributed by atoms with E-state index in [1.807, 2.05) is 4.90 Å². The normalized spacial score (nSPS) is 19.6. The van der Waals surface area contributed by atoms with Crippen LogP contribution in [0.2, 0.25) is 5.02 Å². The minimum atomic E-state index is -0.992. The Bertz CT molecular complexity index is 462. The Hall–Kier alpha value is -1.42. The molecule has 1 fully saturated rings. The van der Waals surface area contributed by atoms with Crippen molar-refractivity contribution in [3.63, 3.8) is 0 Å². The third-order valence-electron chi connectivity index (χ3n) is 3.06. The van der Waals surface area contributed by atoms with Crippen molar-refractivity contribution in [1.82, 2.24) is 0 Å². The lowest BCUT2D eigenvalue weighted by Crippen LogP contribution is -2.22. The number of benzene rings is 1. The molecule has 1 unspecified atom stereocenters. The molecule has 0 aliphatic carbocycles. The van der Waals surface area contributed by atoms with E-state index < -0.39 is 5.97 Å². The molecule has 0 spiro atoms. The van der Waals surface area contributed by atoms with Gasteiger partial charge in [0.05, 0.1) is 16.3 Å². The summed E-state index contributed by atoms with van der Waals surface area (Å²) in [5.41, 5.74) is 6.78. The number of carbonyl (C=O) groups is 1. The Morgan fingerprint density at radius 1 is 1.59 bits per heavy atom. The molecule has 3 N–H and O–H groups in total. The molecule has 4 nitrogen and oxygen atoms in total. The minimum Gasteiger partial charge on any atom is -0.478 e. The number of anilines is 2. The topological polar surface area (TPSA) is 66.6 Å². The first kappa shape index (κ1) is 12.0. The van der Waals surface area contributed by atoms with Gasteiger partial charge in [0.2, 0.25) is 0 Å². The van der Waals surface area contributed by atoms with Crippen molar-refractivity contribution >= 4 is 28.9 Å². The first-order valence-corrected chi connectivity index (χ1v) is 5.94. The van der Waals surface area contributed by atoms with Crippen LogP contribution in [-0.4, -0.2) is 24.2 Å². The Balaban J connectivity index is 2.48. The van der Waals surface area contributed by atoms with Crippen LogP contribution in [0.3, 0.4) is 0 Å². The van der Waals surface area contributed by atoms with Crippen molar-refractivity contribution in [1.29, 1.82) is 0 Å². The highest BCUT2D eigenvalue weighted by Gasteiger charge is 2.25. The van der Waals surface area contributed by atoms with E-state index in [-0.39, 0.29) is 5.56 Å². The lowest BCUT2D eigenvalue weighted by molar-refractivity contribution is 0.0697.